The molecular formula is C22H38O4. The van der Waals surface area contributed by atoms with E-state index in [1.165, 1.54) is 6.42 Å². The molecule has 0 spiro atoms. The Hall–Kier alpha value is -0.710. The Morgan fingerprint density at radius 2 is 1.85 bits per heavy atom. The van der Waals surface area contributed by atoms with Crippen molar-refractivity contribution in [3.8, 4) is 0 Å². The van der Waals surface area contributed by atoms with Crippen molar-refractivity contribution in [3.63, 3.8) is 0 Å². The van der Waals surface area contributed by atoms with E-state index in [-0.39, 0.29) is 29.1 Å². The topological polar surface area (TPSA) is 77.8 Å². The van der Waals surface area contributed by atoms with Gasteiger partial charge in [-0.05, 0) is 50.4 Å². The SMILES string of the molecule is CC(=O)CCCCCC[C@H]1C(O)CC(O)[C@@H]1/C=C/CC(O)C1(C)CCC1. The summed E-state index contributed by atoms with van der Waals surface area (Å²) in [6.45, 7) is 3.79. The summed E-state index contributed by atoms with van der Waals surface area (Å²) in [5.41, 5.74) is 0.0669. The van der Waals surface area contributed by atoms with Crippen molar-refractivity contribution in [1.82, 2.24) is 0 Å². The standard InChI is InChI=1S/C22H38O4/c1-16(23)9-5-3-4-6-10-17-18(20(25)15-19(17)24)11-7-12-21(26)22(2)13-8-14-22/h7,11,17-21,24-26H,3-6,8-10,12-15H2,1-2H3/b11-7+/t17-,18-,19?,20?,21?/m1/s1. The average molecular weight is 367 g/mol. The maximum Gasteiger partial charge on any atom is 0.129 e. The molecular weight excluding hydrogens is 328 g/mol. The molecule has 0 saturated heterocycles. The first kappa shape index (κ1) is 21.6. The number of unbranched alkanes of at least 4 members (excludes halogenated alkanes) is 3. The zero-order valence-corrected chi connectivity index (χ0v) is 16.6. The van der Waals surface area contributed by atoms with Crippen molar-refractivity contribution in [2.75, 3.05) is 0 Å². The fourth-order valence-corrected chi connectivity index (χ4v) is 4.60. The molecule has 26 heavy (non-hydrogen) atoms. The maximum atomic E-state index is 11.0. The summed E-state index contributed by atoms with van der Waals surface area (Å²) in [5.74, 6) is 0.344. The van der Waals surface area contributed by atoms with Crippen LogP contribution < -0.4 is 0 Å². The Morgan fingerprint density at radius 3 is 2.46 bits per heavy atom. The Morgan fingerprint density at radius 1 is 1.15 bits per heavy atom. The lowest BCUT2D eigenvalue weighted by molar-refractivity contribution is -0.117. The predicted octanol–water partition coefficient (Wildman–Crippen LogP) is 3.77. The van der Waals surface area contributed by atoms with E-state index in [1.807, 2.05) is 12.2 Å². The van der Waals surface area contributed by atoms with Gasteiger partial charge in [-0.1, -0.05) is 44.8 Å². The second-order valence-electron chi connectivity index (χ2n) is 8.95. The third kappa shape index (κ3) is 5.90. The summed E-state index contributed by atoms with van der Waals surface area (Å²) in [6.07, 6.45) is 13.0. The first-order chi connectivity index (χ1) is 12.3. The first-order valence-electron chi connectivity index (χ1n) is 10.5. The largest absolute Gasteiger partial charge is 0.393 e. The number of hydrogen-bond donors (Lipinski definition) is 3. The van der Waals surface area contributed by atoms with Crippen molar-refractivity contribution in [2.45, 2.75) is 103 Å². The lowest BCUT2D eigenvalue weighted by Gasteiger charge is -2.42. The van der Waals surface area contributed by atoms with E-state index in [1.54, 1.807) is 6.92 Å². The summed E-state index contributed by atoms with van der Waals surface area (Å²) in [5, 5.41) is 31.0. The van der Waals surface area contributed by atoms with Crippen molar-refractivity contribution in [3.05, 3.63) is 12.2 Å². The lowest BCUT2D eigenvalue weighted by Crippen LogP contribution is -2.38. The molecule has 0 aromatic carbocycles. The molecule has 0 aromatic rings. The van der Waals surface area contributed by atoms with E-state index in [0.717, 1.165) is 44.9 Å². The number of Topliss-reactive ketones (excluding diaryl/α,β-unsaturated/α-hetero) is 1. The third-order valence-electron chi connectivity index (χ3n) is 6.75. The van der Waals surface area contributed by atoms with Gasteiger partial charge in [-0.25, -0.2) is 0 Å². The molecule has 2 aliphatic rings. The smallest absolute Gasteiger partial charge is 0.129 e. The molecule has 0 aliphatic heterocycles. The predicted molar refractivity (Wildman–Crippen MR) is 104 cm³/mol. The molecule has 0 radical (unpaired) electrons. The minimum absolute atomic E-state index is 0.0105. The van der Waals surface area contributed by atoms with Gasteiger partial charge in [0.2, 0.25) is 0 Å². The molecule has 3 N–H and O–H groups in total. The molecule has 0 aromatic heterocycles. The molecule has 2 aliphatic carbocycles. The van der Waals surface area contributed by atoms with E-state index in [0.29, 0.717) is 19.3 Å². The van der Waals surface area contributed by atoms with E-state index < -0.39 is 12.2 Å². The van der Waals surface area contributed by atoms with Crippen LogP contribution in [0.1, 0.15) is 84.5 Å². The first-order valence-corrected chi connectivity index (χ1v) is 10.5. The number of carbonyl (C=O) groups excluding carboxylic acids is 1. The second-order valence-corrected chi connectivity index (χ2v) is 8.95. The van der Waals surface area contributed by atoms with Crippen molar-refractivity contribution >= 4 is 5.78 Å². The number of aliphatic hydroxyl groups excluding tert-OH is 3. The molecule has 150 valence electrons. The van der Waals surface area contributed by atoms with Crippen LogP contribution in [-0.2, 0) is 4.79 Å². The van der Waals surface area contributed by atoms with Gasteiger partial charge in [-0.3, -0.25) is 0 Å². The Kier molecular flexibility index (Phi) is 8.31. The molecule has 2 fully saturated rings. The Balaban J connectivity index is 1.75. The molecule has 0 amide bonds. The summed E-state index contributed by atoms with van der Waals surface area (Å²) >= 11 is 0. The Labute approximate surface area is 158 Å². The van der Waals surface area contributed by atoms with Crippen LogP contribution in [-0.4, -0.2) is 39.4 Å². The van der Waals surface area contributed by atoms with Crippen LogP contribution in [0.4, 0.5) is 0 Å². The average Bonchev–Trinajstić information content (AvgIpc) is 2.81. The van der Waals surface area contributed by atoms with Gasteiger partial charge in [0.05, 0.1) is 18.3 Å². The number of aliphatic hydroxyl groups is 3. The summed E-state index contributed by atoms with van der Waals surface area (Å²) in [6, 6.07) is 0. The van der Waals surface area contributed by atoms with Crippen molar-refractivity contribution < 1.29 is 20.1 Å². The fourth-order valence-electron chi connectivity index (χ4n) is 4.60. The summed E-state index contributed by atoms with van der Waals surface area (Å²) in [4.78, 5) is 11.0. The van der Waals surface area contributed by atoms with Crippen molar-refractivity contribution in [2.24, 2.45) is 17.3 Å². The van der Waals surface area contributed by atoms with Gasteiger partial charge in [0, 0.05) is 18.8 Å². The molecule has 0 bridgehead atoms. The van der Waals surface area contributed by atoms with Gasteiger partial charge in [-0.2, -0.15) is 0 Å². The monoisotopic (exact) mass is 366 g/mol. The van der Waals surface area contributed by atoms with Gasteiger partial charge in [0.1, 0.15) is 5.78 Å². The van der Waals surface area contributed by atoms with Crippen LogP contribution >= 0.6 is 0 Å². The van der Waals surface area contributed by atoms with Crippen LogP contribution in [0.25, 0.3) is 0 Å². The maximum absolute atomic E-state index is 11.0. The van der Waals surface area contributed by atoms with E-state index >= 15 is 0 Å². The van der Waals surface area contributed by atoms with Crippen LogP contribution in [0.3, 0.4) is 0 Å². The number of hydrogen-bond acceptors (Lipinski definition) is 4. The van der Waals surface area contributed by atoms with Gasteiger partial charge in [-0.15, -0.1) is 0 Å². The van der Waals surface area contributed by atoms with Crippen molar-refractivity contribution in [1.29, 1.82) is 0 Å². The normalized spacial score (nSPS) is 31.9. The molecule has 2 rings (SSSR count). The highest BCUT2D eigenvalue weighted by atomic mass is 16.3. The molecule has 5 atom stereocenters. The van der Waals surface area contributed by atoms with Gasteiger partial charge in [0.15, 0.2) is 0 Å². The fraction of sp³-hybridized carbons (Fsp3) is 0.864. The van der Waals surface area contributed by atoms with Gasteiger partial charge >= 0.3 is 0 Å². The molecule has 0 heterocycles. The van der Waals surface area contributed by atoms with Crippen LogP contribution in [0.2, 0.25) is 0 Å². The second kappa shape index (κ2) is 10.0. The van der Waals surface area contributed by atoms with E-state index in [2.05, 4.69) is 6.92 Å². The number of carbonyl (C=O) groups is 1. The zero-order valence-electron chi connectivity index (χ0n) is 16.6. The zero-order chi connectivity index (χ0) is 19.2. The highest BCUT2D eigenvalue weighted by Crippen LogP contribution is 2.44. The molecule has 2 saturated carbocycles. The van der Waals surface area contributed by atoms with E-state index in [9.17, 15) is 20.1 Å². The summed E-state index contributed by atoms with van der Waals surface area (Å²) in [7, 11) is 0. The quantitative estimate of drug-likeness (QED) is 0.384. The van der Waals surface area contributed by atoms with Crippen LogP contribution in [0.15, 0.2) is 12.2 Å². The molecule has 4 heteroatoms. The van der Waals surface area contributed by atoms with Crippen LogP contribution in [0, 0.1) is 17.3 Å². The van der Waals surface area contributed by atoms with E-state index in [4.69, 9.17) is 0 Å². The summed E-state index contributed by atoms with van der Waals surface area (Å²) < 4.78 is 0. The van der Waals surface area contributed by atoms with Gasteiger partial charge < -0.3 is 20.1 Å². The molecule has 3 unspecified atom stereocenters. The minimum Gasteiger partial charge on any atom is -0.393 e. The third-order valence-corrected chi connectivity index (χ3v) is 6.75. The Bertz CT molecular complexity index is 469. The van der Waals surface area contributed by atoms with Gasteiger partial charge in [0.25, 0.3) is 0 Å². The highest BCUT2D eigenvalue weighted by molar-refractivity contribution is 5.75. The molecule has 4 nitrogen and oxygen atoms in total. The number of ketones is 1. The minimum atomic E-state index is -0.486. The van der Waals surface area contributed by atoms with Crippen LogP contribution in [0.5, 0.6) is 0 Å². The highest BCUT2D eigenvalue weighted by Gasteiger charge is 2.40. The lowest BCUT2D eigenvalue weighted by atomic mass is 9.66. The number of rotatable bonds is 11.